The van der Waals surface area contributed by atoms with Gasteiger partial charge in [0.05, 0.1) is 11.5 Å². The quantitative estimate of drug-likeness (QED) is 0.535. The molecule has 34 heavy (non-hydrogen) atoms. The number of hydrogen-bond donors (Lipinski definition) is 2. The van der Waals surface area contributed by atoms with Gasteiger partial charge in [-0.2, -0.15) is 0 Å². The Kier molecular flexibility index (Phi) is 7.03. The van der Waals surface area contributed by atoms with Crippen molar-refractivity contribution in [3.8, 4) is 0 Å². The molecule has 0 bridgehead atoms. The molecule has 2 fully saturated rings. The van der Waals surface area contributed by atoms with Crippen molar-refractivity contribution in [3.63, 3.8) is 0 Å². The van der Waals surface area contributed by atoms with Gasteiger partial charge in [-0.25, -0.2) is 4.79 Å². The van der Waals surface area contributed by atoms with Crippen LogP contribution in [0.1, 0.15) is 70.9 Å². The average Bonchev–Trinajstić information content (AvgIpc) is 2.73. The molecule has 1 atom stereocenters. The van der Waals surface area contributed by atoms with Gasteiger partial charge in [0.15, 0.2) is 0 Å². The van der Waals surface area contributed by atoms with E-state index in [1.54, 1.807) is 0 Å². The summed E-state index contributed by atoms with van der Waals surface area (Å²) < 4.78 is 5.49. The number of carbonyl (C=O) groups excluding carboxylic acids is 1. The summed E-state index contributed by atoms with van der Waals surface area (Å²) in [6, 6.07) is 6.08. The third kappa shape index (κ3) is 5.13. The van der Waals surface area contributed by atoms with Crippen molar-refractivity contribution in [1.29, 1.82) is 0 Å². The molecule has 2 aliphatic heterocycles. The maximum Gasteiger partial charge on any atom is 0.322 e. The van der Waals surface area contributed by atoms with Crippen LogP contribution in [-0.2, 0) is 21.5 Å². The predicted octanol–water partition coefficient (Wildman–Crippen LogP) is 5.73. The lowest BCUT2D eigenvalue weighted by Gasteiger charge is -2.48. The second-order valence-corrected chi connectivity index (χ2v) is 11.9. The second kappa shape index (κ2) is 9.54. The van der Waals surface area contributed by atoms with Crippen molar-refractivity contribution < 1.29 is 19.4 Å². The van der Waals surface area contributed by atoms with Crippen molar-refractivity contribution in [2.24, 2.45) is 17.3 Å². The van der Waals surface area contributed by atoms with Gasteiger partial charge in [-0.15, -0.1) is 0 Å². The van der Waals surface area contributed by atoms with Gasteiger partial charge in [-0.1, -0.05) is 44.5 Å². The maximum absolute atomic E-state index is 13.3. The maximum atomic E-state index is 13.3. The summed E-state index contributed by atoms with van der Waals surface area (Å²) in [4.78, 5) is 26.6. The van der Waals surface area contributed by atoms with E-state index in [-0.39, 0.29) is 29.3 Å². The van der Waals surface area contributed by atoms with E-state index in [0.717, 1.165) is 42.4 Å². The van der Waals surface area contributed by atoms with E-state index in [4.69, 9.17) is 16.3 Å². The molecule has 2 amide bonds. The first kappa shape index (κ1) is 25.1. The zero-order chi connectivity index (χ0) is 24.7. The second-order valence-electron chi connectivity index (χ2n) is 11.5. The fraction of sp³-hybridized carbons (Fsp3) is 0.630. The molecule has 1 saturated carbocycles. The number of ether oxygens (including phenoxy) is 1. The summed E-state index contributed by atoms with van der Waals surface area (Å²) in [5, 5.41) is 13.4. The third-order valence-electron chi connectivity index (χ3n) is 7.73. The van der Waals surface area contributed by atoms with Gasteiger partial charge >= 0.3 is 12.0 Å². The van der Waals surface area contributed by atoms with Gasteiger partial charge in [0.25, 0.3) is 0 Å². The Bertz CT molecular complexity index is 973. The molecule has 1 aromatic carbocycles. The number of rotatable bonds is 6. The number of aliphatic carboxylic acids is 1. The Balaban J connectivity index is 1.66. The molecule has 4 rings (SSSR count). The van der Waals surface area contributed by atoms with Crippen LogP contribution < -0.4 is 5.32 Å². The fourth-order valence-electron chi connectivity index (χ4n) is 5.32. The molecule has 1 aromatic rings. The minimum Gasteiger partial charge on any atom is -0.481 e. The number of hydrogen-bond acceptors (Lipinski definition) is 3. The molecule has 0 unspecified atom stereocenters. The Morgan fingerprint density at radius 3 is 2.53 bits per heavy atom. The van der Waals surface area contributed by atoms with Gasteiger partial charge in [-0.05, 0) is 79.5 Å². The van der Waals surface area contributed by atoms with Gasteiger partial charge < -0.3 is 15.2 Å². The Labute approximate surface area is 207 Å². The van der Waals surface area contributed by atoms with Crippen LogP contribution in [0, 0.1) is 17.3 Å². The van der Waals surface area contributed by atoms with Crippen LogP contribution in [-0.4, -0.2) is 41.3 Å². The number of amides is 2. The van der Waals surface area contributed by atoms with E-state index in [0.29, 0.717) is 31.1 Å². The molecular weight excluding hydrogens is 452 g/mol. The monoisotopic (exact) mass is 488 g/mol. The summed E-state index contributed by atoms with van der Waals surface area (Å²) in [7, 11) is 0. The molecule has 0 aromatic heterocycles. The summed E-state index contributed by atoms with van der Waals surface area (Å²) in [6.45, 7) is 9.97. The Morgan fingerprint density at radius 2 is 1.94 bits per heavy atom. The zero-order valence-electron chi connectivity index (χ0n) is 20.7. The molecule has 2 N–H and O–H groups in total. The van der Waals surface area contributed by atoms with E-state index in [9.17, 15) is 14.7 Å². The van der Waals surface area contributed by atoms with Crippen molar-refractivity contribution in [3.05, 3.63) is 46.1 Å². The van der Waals surface area contributed by atoms with Crippen molar-refractivity contribution in [2.45, 2.75) is 77.8 Å². The average molecular weight is 489 g/mol. The van der Waals surface area contributed by atoms with Gasteiger partial charge in [0.1, 0.15) is 0 Å². The number of nitrogens with zero attached hydrogens (tertiary/aromatic N) is 1. The summed E-state index contributed by atoms with van der Waals surface area (Å²) in [5.74, 6) is -0.966. The first-order chi connectivity index (χ1) is 16.0. The molecule has 1 saturated heterocycles. The van der Waals surface area contributed by atoms with E-state index in [2.05, 4.69) is 38.2 Å². The SMILES string of the molecule is CC(C)(C)CCc1ccc([C@]2(C)NC(=O)N(C3CCOCC3)C=C2C2CC(C(=O)O)C2)cc1Cl. The molecule has 2 heterocycles. The number of halogens is 1. The minimum atomic E-state index is -0.745. The molecule has 1 aliphatic carbocycles. The van der Waals surface area contributed by atoms with Gasteiger partial charge in [-0.3, -0.25) is 9.69 Å². The first-order valence-electron chi connectivity index (χ1n) is 12.4. The summed E-state index contributed by atoms with van der Waals surface area (Å²) in [5.41, 5.74) is 2.59. The van der Waals surface area contributed by atoms with Crippen LogP contribution in [0.3, 0.4) is 0 Å². The lowest BCUT2D eigenvalue weighted by molar-refractivity contribution is -0.145. The van der Waals surface area contributed by atoms with Crippen LogP contribution in [0.25, 0.3) is 0 Å². The standard InChI is InChI=1S/C27H37ClN2O4/c1-26(2,3)10-7-17-5-6-20(15-23(17)28)27(4)22(18-13-19(14-18)24(31)32)16-30(25(33)29-27)21-8-11-34-12-9-21/h5-6,15-16,18-19,21H,7-14H2,1-4H3,(H,29,33)(H,31,32)/t18?,19?,27-/m0/s1. The number of nitrogens with one attached hydrogen (secondary N) is 1. The number of aryl methyl sites for hydroxylation is 1. The predicted molar refractivity (Wildman–Crippen MR) is 133 cm³/mol. The molecule has 0 radical (unpaired) electrons. The Hall–Kier alpha value is -2.05. The van der Waals surface area contributed by atoms with E-state index >= 15 is 0 Å². The van der Waals surface area contributed by atoms with Crippen LogP contribution in [0.5, 0.6) is 0 Å². The summed E-state index contributed by atoms with van der Waals surface area (Å²) >= 11 is 6.73. The van der Waals surface area contributed by atoms with Crippen LogP contribution in [0.15, 0.2) is 30.0 Å². The highest BCUT2D eigenvalue weighted by molar-refractivity contribution is 6.31. The summed E-state index contributed by atoms with van der Waals surface area (Å²) in [6.07, 6.45) is 6.70. The minimum absolute atomic E-state index is 0.0898. The van der Waals surface area contributed by atoms with E-state index in [1.165, 1.54) is 0 Å². The van der Waals surface area contributed by atoms with Crippen LogP contribution >= 0.6 is 11.6 Å². The van der Waals surface area contributed by atoms with Crippen molar-refractivity contribution in [2.75, 3.05) is 13.2 Å². The zero-order valence-corrected chi connectivity index (χ0v) is 21.5. The molecular formula is C27H37ClN2O4. The molecule has 7 heteroatoms. The lowest BCUT2D eigenvalue weighted by Crippen LogP contribution is -2.58. The molecule has 186 valence electrons. The van der Waals surface area contributed by atoms with E-state index < -0.39 is 11.5 Å². The van der Waals surface area contributed by atoms with Crippen molar-refractivity contribution >= 4 is 23.6 Å². The number of benzene rings is 1. The number of carboxylic acids is 1. The van der Waals surface area contributed by atoms with Gasteiger partial charge in [0, 0.05) is 30.5 Å². The molecule has 6 nitrogen and oxygen atoms in total. The number of carboxylic acid groups (broad SMARTS) is 1. The van der Waals surface area contributed by atoms with Gasteiger partial charge in [0.2, 0.25) is 0 Å². The lowest BCUT2D eigenvalue weighted by atomic mass is 9.65. The number of carbonyl (C=O) groups is 2. The highest BCUT2D eigenvalue weighted by Crippen LogP contribution is 2.48. The smallest absolute Gasteiger partial charge is 0.322 e. The Morgan fingerprint density at radius 1 is 1.26 bits per heavy atom. The van der Waals surface area contributed by atoms with E-state index in [1.807, 2.05) is 24.1 Å². The third-order valence-corrected chi connectivity index (χ3v) is 8.08. The highest BCUT2D eigenvalue weighted by Gasteiger charge is 2.48. The van der Waals surface area contributed by atoms with Crippen LogP contribution in [0.4, 0.5) is 4.79 Å². The largest absolute Gasteiger partial charge is 0.481 e. The number of urea groups is 1. The topological polar surface area (TPSA) is 78.9 Å². The first-order valence-corrected chi connectivity index (χ1v) is 12.8. The highest BCUT2D eigenvalue weighted by atomic mass is 35.5. The molecule has 3 aliphatic rings. The fourth-order valence-corrected chi connectivity index (χ4v) is 5.59. The molecule has 0 spiro atoms. The van der Waals surface area contributed by atoms with Crippen LogP contribution in [0.2, 0.25) is 5.02 Å². The normalized spacial score (nSPS) is 28.2. The van der Waals surface area contributed by atoms with Crippen molar-refractivity contribution in [1.82, 2.24) is 10.2 Å².